The van der Waals surface area contributed by atoms with Gasteiger partial charge in [0, 0.05) is 11.6 Å². The molecule has 1 heterocycles. The highest BCUT2D eigenvalue weighted by atomic mass is 35.5. The van der Waals surface area contributed by atoms with Crippen LogP contribution in [0.25, 0.3) is 0 Å². The van der Waals surface area contributed by atoms with Gasteiger partial charge in [-0.1, -0.05) is 48.0 Å². The van der Waals surface area contributed by atoms with Crippen molar-refractivity contribution in [2.24, 2.45) is 0 Å². The van der Waals surface area contributed by atoms with Gasteiger partial charge in [-0.05, 0) is 54.3 Å². The van der Waals surface area contributed by atoms with Gasteiger partial charge in [0.15, 0.2) is 0 Å². The number of esters is 1. The molecule has 13 nitrogen and oxygen atoms in total. The zero-order chi connectivity index (χ0) is 32.8. The summed E-state index contributed by atoms with van der Waals surface area (Å²) in [5.74, 6) is -2.32. The molecule has 3 aromatic rings. The van der Waals surface area contributed by atoms with Gasteiger partial charge in [0.05, 0.1) is 25.0 Å². The highest BCUT2D eigenvalue weighted by molar-refractivity contribution is 7.90. The molecule has 2 unspecified atom stereocenters. The standard InChI is InChI=1S/C29H30ClN3O10S2/c1-42-29(37)27-23(34)9-5-10-24(27)43-14-6-13-31-28(36)22(32-44(38,39)19-7-3-2-4-8-19)16-18-11-12-20(21(30)15-18)25-17-26(35)33-45(25,40)41/h2-5,7-12,15,22,25,32,34H,6,13-14,16-17H2,1H3,(H,31,36)(H,33,35). The number of ether oxygens (including phenoxy) is 2. The van der Waals surface area contributed by atoms with E-state index in [1.165, 1.54) is 67.8 Å². The quantitative estimate of drug-likeness (QED) is 0.154. The molecule has 3 aromatic carbocycles. The van der Waals surface area contributed by atoms with Gasteiger partial charge in [0.25, 0.3) is 0 Å². The largest absolute Gasteiger partial charge is 0.507 e. The van der Waals surface area contributed by atoms with Crippen molar-refractivity contribution in [2.75, 3.05) is 20.3 Å². The van der Waals surface area contributed by atoms with Gasteiger partial charge >= 0.3 is 5.97 Å². The molecule has 1 saturated heterocycles. The summed E-state index contributed by atoms with van der Waals surface area (Å²) in [5, 5.41) is 11.5. The first-order valence-corrected chi connectivity index (χ1v) is 16.9. The highest BCUT2D eigenvalue weighted by Gasteiger charge is 2.39. The van der Waals surface area contributed by atoms with Gasteiger partial charge in [-0.15, -0.1) is 0 Å². The van der Waals surface area contributed by atoms with E-state index in [1.807, 2.05) is 4.72 Å². The van der Waals surface area contributed by atoms with E-state index in [2.05, 4.69) is 14.8 Å². The number of hydrogen-bond acceptors (Lipinski definition) is 10. The molecule has 1 fully saturated rings. The molecule has 1 aliphatic rings. The maximum atomic E-state index is 13.3. The first-order chi connectivity index (χ1) is 21.3. The third-order valence-corrected chi connectivity index (χ3v) is 10.3. The van der Waals surface area contributed by atoms with E-state index >= 15 is 0 Å². The number of rotatable bonds is 13. The number of amides is 2. The summed E-state index contributed by atoms with van der Waals surface area (Å²) in [5.41, 5.74) is 0.487. The van der Waals surface area contributed by atoms with Gasteiger partial charge in [0.1, 0.15) is 28.4 Å². The molecule has 0 saturated carbocycles. The van der Waals surface area contributed by atoms with Crippen LogP contribution in [0.5, 0.6) is 11.5 Å². The number of phenols is 1. The predicted molar refractivity (Wildman–Crippen MR) is 163 cm³/mol. The van der Waals surface area contributed by atoms with Gasteiger partial charge in [0.2, 0.25) is 31.9 Å². The fourth-order valence-electron chi connectivity index (χ4n) is 4.60. The molecule has 0 spiro atoms. The first kappa shape index (κ1) is 33.7. The van der Waals surface area contributed by atoms with Gasteiger partial charge in [-0.25, -0.2) is 21.6 Å². The van der Waals surface area contributed by atoms with Crippen LogP contribution in [0.4, 0.5) is 0 Å². The maximum absolute atomic E-state index is 13.3. The van der Waals surface area contributed by atoms with Gasteiger partial charge < -0.3 is 19.9 Å². The number of halogens is 1. The Morgan fingerprint density at radius 1 is 1.11 bits per heavy atom. The molecule has 45 heavy (non-hydrogen) atoms. The number of aromatic hydroxyl groups is 1. The van der Waals surface area contributed by atoms with E-state index in [9.17, 15) is 36.3 Å². The number of benzene rings is 3. The molecule has 2 atom stereocenters. The van der Waals surface area contributed by atoms with E-state index in [0.29, 0.717) is 5.56 Å². The van der Waals surface area contributed by atoms with Crippen molar-refractivity contribution in [1.82, 2.24) is 14.8 Å². The van der Waals surface area contributed by atoms with Crippen molar-refractivity contribution in [3.63, 3.8) is 0 Å². The number of nitrogens with one attached hydrogen (secondary N) is 3. The Kier molecular flexibility index (Phi) is 10.7. The number of hydrogen-bond donors (Lipinski definition) is 4. The molecular formula is C29H30ClN3O10S2. The van der Waals surface area contributed by atoms with Crippen LogP contribution in [0.1, 0.15) is 39.6 Å². The molecular weight excluding hydrogens is 650 g/mol. The third kappa shape index (κ3) is 8.30. The van der Waals surface area contributed by atoms with Gasteiger partial charge in [-0.2, -0.15) is 4.72 Å². The Bertz CT molecular complexity index is 1800. The number of methoxy groups -OCH3 is 1. The van der Waals surface area contributed by atoms with Gasteiger partial charge in [-0.3, -0.25) is 14.3 Å². The van der Waals surface area contributed by atoms with Crippen LogP contribution in [-0.2, 0) is 40.8 Å². The summed E-state index contributed by atoms with van der Waals surface area (Å²) >= 11 is 6.39. The molecule has 240 valence electrons. The molecule has 4 rings (SSSR count). The third-order valence-electron chi connectivity index (χ3n) is 6.79. The average Bonchev–Trinajstić information content (AvgIpc) is 3.27. The topological polar surface area (TPSA) is 194 Å². The molecule has 2 amide bonds. The average molecular weight is 680 g/mol. The molecule has 0 aliphatic carbocycles. The molecule has 0 radical (unpaired) electrons. The zero-order valence-electron chi connectivity index (χ0n) is 23.9. The SMILES string of the molecule is COC(=O)c1c(O)cccc1OCCCNC(=O)C(Cc1ccc(C2CC(=O)NS2(=O)=O)c(Cl)c1)NS(=O)(=O)c1ccccc1. The van der Waals surface area contributed by atoms with Crippen molar-refractivity contribution in [3.8, 4) is 11.5 Å². The second kappa shape index (κ2) is 14.3. The Hall–Kier alpha value is -4.18. The number of phenolic OH excluding ortho intramolecular Hbond substituents is 1. The van der Waals surface area contributed by atoms with Crippen LogP contribution in [0.2, 0.25) is 5.02 Å². The van der Waals surface area contributed by atoms with E-state index in [4.69, 9.17) is 16.3 Å². The van der Waals surface area contributed by atoms with Crippen LogP contribution in [0, 0.1) is 0 Å². The minimum Gasteiger partial charge on any atom is -0.507 e. The smallest absolute Gasteiger partial charge is 0.345 e. The maximum Gasteiger partial charge on any atom is 0.345 e. The van der Waals surface area contributed by atoms with Crippen molar-refractivity contribution in [1.29, 1.82) is 0 Å². The van der Waals surface area contributed by atoms with E-state index in [1.54, 1.807) is 6.07 Å². The Labute approximate surface area is 265 Å². The van der Waals surface area contributed by atoms with E-state index in [0.717, 1.165) is 0 Å². The number of sulfonamides is 2. The van der Waals surface area contributed by atoms with Crippen molar-refractivity contribution in [3.05, 3.63) is 88.4 Å². The minimum absolute atomic E-state index is 0.0344. The molecule has 0 aromatic heterocycles. The lowest BCUT2D eigenvalue weighted by Crippen LogP contribution is -2.48. The Morgan fingerprint density at radius 3 is 2.49 bits per heavy atom. The van der Waals surface area contributed by atoms with E-state index in [-0.39, 0.29) is 65.0 Å². The Morgan fingerprint density at radius 2 is 1.84 bits per heavy atom. The monoisotopic (exact) mass is 679 g/mol. The van der Waals surface area contributed by atoms with Crippen molar-refractivity contribution >= 4 is 49.4 Å². The predicted octanol–water partition coefficient (Wildman–Crippen LogP) is 2.20. The summed E-state index contributed by atoms with van der Waals surface area (Å²) in [6, 6.07) is 14.8. The molecule has 16 heteroatoms. The lowest BCUT2D eigenvalue weighted by atomic mass is 10.0. The lowest BCUT2D eigenvalue weighted by Gasteiger charge is -2.20. The summed E-state index contributed by atoms with van der Waals surface area (Å²) in [7, 11) is -6.91. The fourth-order valence-corrected chi connectivity index (χ4v) is 7.67. The second-order valence-corrected chi connectivity index (χ2v) is 13.9. The Balaban J connectivity index is 1.46. The van der Waals surface area contributed by atoms with Crippen LogP contribution in [-0.4, -0.2) is 66.0 Å². The number of carbonyl (C=O) groups excluding carboxylic acids is 3. The van der Waals surface area contributed by atoms with Crippen LogP contribution in [0.3, 0.4) is 0 Å². The summed E-state index contributed by atoms with van der Waals surface area (Å²) in [6.45, 7) is 0.0989. The zero-order valence-corrected chi connectivity index (χ0v) is 26.2. The number of carbonyl (C=O) groups is 3. The normalized spacial score (nSPS) is 16.4. The molecule has 0 bridgehead atoms. The van der Waals surface area contributed by atoms with Crippen molar-refractivity contribution in [2.45, 2.75) is 35.4 Å². The molecule has 1 aliphatic heterocycles. The van der Waals surface area contributed by atoms with Crippen LogP contribution < -0.4 is 19.5 Å². The summed E-state index contributed by atoms with van der Waals surface area (Å²) < 4.78 is 65.5. The minimum atomic E-state index is -4.13. The van der Waals surface area contributed by atoms with Crippen LogP contribution >= 0.6 is 11.6 Å². The fraction of sp³-hybridized carbons (Fsp3) is 0.276. The highest BCUT2D eigenvalue weighted by Crippen LogP contribution is 2.35. The van der Waals surface area contributed by atoms with E-state index < -0.39 is 49.1 Å². The van der Waals surface area contributed by atoms with Crippen molar-refractivity contribution < 1.29 is 45.8 Å². The van der Waals surface area contributed by atoms with Crippen LogP contribution in [0.15, 0.2) is 71.6 Å². The summed E-state index contributed by atoms with van der Waals surface area (Å²) in [4.78, 5) is 36.9. The first-order valence-electron chi connectivity index (χ1n) is 13.5. The second-order valence-electron chi connectivity index (χ2n) is 9.94. The lowest BCUT2D eigenvalue weighted by molar-refractivity contribution is -0.122. The molecule has 4 N–H and O–H groups in total. The summed E-state index contributed by atoms with van der Waals surface area (Å²) in [6.07, 6.45) is -0.180.